The zero-order chi connectivity index (χ0) is 21.6. The molecule has 0 radical (unpaired) electrons. The summed E-state index contributed by atoms with van der Waals surface area (Å²) >= 11 is 0. The summed E-state index contributed by atoms with van der Waals surface area (Å²) in [5.41, 5.74) is 2.66. The molecule has 1 saturated carbocycles. The maximum atomic E-state index is 13.0. The van der Waals surface area contributed by atoms with Gasteiger partial charge in [-0.2, -0.15) is 0 Å². The molecule has 1 N–H and O–H groups in total. The Morgan fingerprint density at radius 3 is 2.10 bits per heavy atom. The zero-order valence-corrected chi connectivity index (χ0v) is 18.5. The van der Waals surface area contributed by atoms with E-state index in [1.165, 1.54) is 12.8 Å². The van der Waals surface area contributed by atoms with Crippen LogP contribution in [0, 0.1) is 0 Å². The fourth-order valence-electron chi connectivity index (χ4n) is 4.02. The number of benzene rings is 2. The lowest BCUT2D eigenvalue weighted by atomic mass is 10.2. The quantitative estimate of drug-likeness (QED) is 0.524. The average molecular weight is 421 g/mol. The highest BCUT2D eigenvalue weighted by molar-refractivity contribution is 5.49. The van der Waals surface area contributed by atoms with Crippen LogP contribution in [0.4, 0.5) is 5.69 Å². The van der Waals surface area contributed by atoms with E-state index >= 15 is 0 Å². The van der Waals surface area contributed by atoms with Crippen molar-refractivity contribution in [1.82, 2.24) is 14.0 Å². The molecule has 31 heavy (non-hydrogen) atoms. The number of anilines is 1. The molecule has 2 aromatic carbocycles. The van der Waals surface area contributed by atoms with Crippen molar-refractivity contribution in [2.45, 2.75) is 38.2 Å². The van der Waals surface area contributed by atoms with Crippen LogP contribution >= 0.6 is 0 Å². The summed E-state index contributed by atoms with van der Waals surface area (Å²) in [6.45, 7) is 1.98. The van der Waals surface area contributed by atoms with Crippen molar-refractivity contribution >= 4 is 5.69 Å². The van der Waals surface area contributed by atoms with Gasteiger partial charge in [0.2, 0.25) is 0 Å². The van der Waals surface area contributed by atoms with Gasteiger partial charge >= 0.3 is 5.69 Å². The molecular weight excluding hydrogens is 388 g/mol. The number of ether oxygens (including phenoxy) is 1. The van der Waals surface area contributed by atoms with Crippen LogP contribution in [-0.4, -0.2) is 47.3 Å². The molecule has 0 spiro atoms. The van der Waals surface area contributed by atoms with Gasteiger partial charge in [0.05, 0.1) is 17.5 Å². The van der Waals surface area contributed by atoms with Crippen molar-refractivity contribution in [3.63, 3.8) is 0 Å². The van der Waals surface area contributed by atoms with Crippen molar-refractivity contribution in [3.8, 4) is 17.1 Å². The van der Waals surface area contributed by atoms with Gasteiger partial charge in [0.1, 0.15) is 5.75 Å². The predicted molar refractivity (Wildman–Crippen MR) is 126 cm³/mol. The molecule has 6 heteroatoms. The van der Waals surface area contributed by atoms with Crippen LogP contribution in [0.5, 0.6) is 5.75 Å². The summed E-state index contributed by atoms with van der Waals surface area (Å²) in [5, 5.41) is 3.42. The molecule has 6 nitrogen and oxygen atoms in total. The van der Waals surface area contributed by atoms with E-state index in [1.54, 1.807) is 9.13 Å². The summed E-state index contributed by atoms with van der Waals surface area (Å²) in [7, 11) is 4.16. The molecular formula is C25H32N4O2. The first kappa shape index (κ1) is 21.2. The second-order valence-corrected chi connectivity index (χ2v) is 8.47. The van der Waals surface area contributed by atoms with Crippen LogP contribution in [0.15, 0.2) is 65.7 Å². The Morgan fingerprint density at radius 2 is 1.52 bits per heavy atom. The Balaban J connectivity index is 1.41. The molecule has 1 aliphatic carbocycles. The minimum absolute atomic E-state index is 0.0869. The summed E-state index contributed by atoms with van der Waals surface area (Å²) in [6, 6.07) is 15.8. The number of rotatable bonds is 9. The number of imidazole rings is 1. The van der Waals surface area contributed by atoms with Crippen molar-refractivity contribution < 1.29 is 4.74 Å². The molecule has 0 unspecified atom stereocenters. The van der Waals surface area contributed by atoms with Gasteiger partial charge < -0.3 is 15.0 Å². The van der Waals surface area contributed by atoms with Gasteiger partial charge in [-0.15, -0.1) is 0 Å². The number of nitrogens with zero attached hydrogens (tertiary/aromatic N) is 3. The highest BCUT2D eigenvalue weighted by atomic mass is 16.5. The molecule has 3 aromatic rings. The van der Waals surface area contributed by atoms with Crippen molar-refractivity contribution in [1.29, 1.82) is 0 Å². The van der Waals surface area contributed by atoms with Gasteiger partial charge in [0.25, 0.3) is 0 Å². The normalized spacial score (nSPS) is 14.3. The van der Waals surface area contributed by atoms with Gasteiger partial charge in [-0.1, -0.05) is 0 Å². The Bertz CT molecular complexity index is 1010. The molecule has 0 saturated heterocycles. The minimum Gasteiger partial charge on any atom is -0.490 e. The van der Waals surface area contributed by atoms with E-state index in [0.29, 0.717) is 6.10 Å². The van der Waals surface area contributed by atoms with Crippen molar-refractivity contribution in [3.05, 3.63) is 71.4 Å². The standard InChI is InChI=1S/C25H32N4O2/c1-27(2)17-5-16-26-20-8-10-21(11-9-20)28-18-19-29(25(28)30)22-12-14-24(15-13-22)31-23-6-3-4-7-23/h8-15,18-19,23,26H,3-7,16-17H2,1-2H3. The summed E-state index contributed by atoms with van der Waals surface area (Å²) in [4.78, 5) is 15.1. The van der Waals surface area contributed by atoms with E-state index in [-0.39, 0.29) is 5.69 Å². The van der Waals surface area contributed by atoms with Gasteiger partial charge in [0.15, 0.2) is 0 Å². The average Bonchev–Trinajstić information content (AvgIpc) is 3.42. The van der Waals surface area contributed by atoms with Crippen LogP contribution < -0.4 is 15.7 Å². The molecule has 0 aliphatic heterocycles. The van der Waals surface area contributed by atoms with Crippen LogP contribution in [-0.2, 0) is 0 Å². The molecule has 0 bridgehead atoms. The van der Waals surface area contributed by atoms with Crippen molar-refractivity contribution in [2.24, 2.45) is 0 Å². The van der Waals surface area contributed by atoms with Gasteiger partial charge in [-0.05, 0) is 101 Å². The number of hydrogen-bond acceptors (Lipinski definition) is 4. The molecule has 0 amide bonds. The molecule has 1 heterocycles. The Labute approximate surface area is 184 Å². The van der Waals surface area contributed by atoms with E-state index in [4.69, 9.17) is 4.74 Å². The van der Waals surface area contributed by atoms with Gasteiger partial charge in [-0.25, -0.2) is 4.79 Å². The van der Waals surface area contributed by atoms with Gasteiger partial charge in [0, 0.05) is 24.6 Å². The fourth-order valence-corrected chi connectivity index (χ4v) is 4.02. The van der Waals surface area contributed by atoms with E-state index in [2.05, 4.69) is 24.3 Å². The van der Waals surface area contributed by atoms with Crippen LogP contribution in [0.1, 0.15) is 32.1 Å². The Hall–Kier alpha value is -2.99. The van der Waals surface area contributed by atoms with Crippen LogP contribution in [0.2, 0.25) is 0 Å². The smallest absolute Gasteiger partial charge is 0.337 e. The van der Waals surface area contributed by atoms with Gasteiger partial charge in [-0.3, -0.25) is 9.13 Å². The Morgan fingerprint density at radius 1 is 0.935 bits per heavy atom. The molecule has 4 rings (SSSR count). The van der Waals surface area contributed by atoms with E-state index in [0.717, 1.165) is 55.2 Å². The third-order valence-electron chi connectivity index (χ3n) is 5.75. The van der Waals surface area contributed by atoms with E-state index in [1.807, 2.05) is 60.9 Å². The van der Waals surface area contributed by atoms with Crippen LogP contribution in [0.25, 0.3) is 11.4 Å². The number of nitrogens with one attached hydrogen (secondary N) is 1. The first-order chi connectivity index (χ1) is 15.1. The maximum absolute atomic E-state index is 13.0. The third kappa shape index (κ3) is 5.39. The van der Waals surface area contributed by atoms with E-state index in [9.17, 15) is 4.79 Å². The zero-order valence-electron chi connectivity index (χ0n) is 18.5. The monoisotopic (exact) mass is 420 g/mol. The lowest BCUT2D eigenvalue weighted by molar-refractivity contribution is 0.210. The minimum atomic E-state index is -0.0869. The Kier molecular flexibility index (Phi) is 6.77. The number of aromatic nitrogens is 2. The first-order valence-corrected chi connectivity index (χ1v) is 11.2. The summed E-state index contributed by atoms with van der Waals surface area (Å²) in [5.74, 6) is 0.872. The molecule has 1 aliphatic rings. The predicted octanol–water partition coefficient (Wildman–Crippen LogP) is 4.31. The molecule has 164 valence electrons. The highest BCUT2D eigenvalue weighted by Gasteiger charge is 2.16. The largest absolute Gasteiger partial charge is 0.490 e. The lowest BCUT2D eigenvalue weighted by Crippen LogP contribution is -2.21. The molecule has 1 aromatic heterocycles. The second-order valence-electron chi connectivity index (χ2n) is 8.47. The molecule has 0 atom stereocenters. The summed E-state index contributed by atoms with van der Waals surface area (Å²) in [6.07, 6.45) is 9.80. The number of hydrogen-bond donors (Lipinski definition) is 1. The maximum Gasteiger partial charge on any atom is 0.337 e. The molecule has 1 fully saturated rings. The second kappa shape index (κ2) is 9.88. The highest BCUT2D eigenvalue weighted by Crippen LogP contribution is 2.24. The summed E-state index contributed by atoms with van der Waals surface area (Å²) < 4.78 is 9.35. The fraction of sp³-hybridized carbons (Fsp3) is 0.400. The van der Waals surface area contributed by atoms with Crippen LogP contribution in [0.3, 0.4) is 0 Å². The SMILES string of the molecule is CN(C)CCCNc1ccc(-n2ccn(-c3ccc(OC4CCCC4)cc3)c2=O)cc1. The third-order valence-corrected chi connectivity index (χ3v) is 5.75. The lowest BCUT2D eigenvalue weighted by Gasteiger charge is -2.13. The van der Waals surface area contributed by atoms with Crippen molar-refractivity contribution in [2.75, 3.05) is 32.5 Å². The first-order valence-electron chi connectivity index (χ1n) is 11.2. The topological polar surface area (TPSA) is 51.4 Å². The van der Waals surface area contributed by atoms with E-state index < -0.39 is 0 Å².